The van der Waals surface area contributed by atoms with Crippen LogP contribution in [0.4, 0.5) is 0 Å². The molecule has 0 saturated carbocycles. The van der Waals surface area contributed by atoms with Gasteiger partial charge in [-0.15, -0.1) is 0 Å². The van der Waals surface area contributed by atoms with Crippen LogP contribution < -0.4 is 5.32 Å². The van der Waals surface area contributed by atoms with E-state index < -0.39 is 0 Å². The van der Waals surface area contributed by atoms with Crippen molar-refractivity contribution in [2.24, 2.45) is 17.8 Å². The molecule has 1 heteroatoms. The maximum absolute atomic E-state index is 3.53. The molecule has 18 heavy (non-hydrogen) atoms. The molecule has 0 aliphatic heterocycles. The average molecular weight is 245 g/mol. The van der Waals surface area contributed by atoms with Crippen LogP contribution in [0.3, 0.4) is 0 Å². The molecule has 0 bridgehead atoms. The number of hydrogen-bond donors (Lipinski definition) is 1. The molecule has 0 amide bonds. The van der Waals surface area contributed by atoms with Crippen molar-refractivity contribution in [2.75, 3.05) is 13.1 Å². The van der Waals surface area contributed by atoms with Gasteiger partial charge in [-0.2, -0.15) is 0 Å². The van der Waals surface area contributed by atoms with E-state index in [2.05, 4.69) is 69.4 Å². The highest BCUT2D eigenvalue weighted by Gasteiger charge is 2.16. The van der Waals surface area contributed by atoms with Crippen molar-refractivity contribution in [3.05, 3.63) is 42.0 Å². The lowest BCUT2D eigenvalue weighted by molar-refractivity contribution is 0.279. The summed E-state index contributed by atoms with van der Waals surface area (Å²) in [5.41, 5.74) is 1.27. The third kappa shape index (κ3) is 5.50. The normalized spacial score (nSPS) is 12.2. The fraction of sp³-hybridized carbons (Fsp3) is 0.529. The monoisotopic (exact) mass is 245 g/mol. The lowest BCUT2D eigenvalue weighted by Gasteiger charge is -2.24. The van der Waals surface area contributed by atoms with Crippen molar-refractivity contribution in [3.63, 3.8) is 0 Å². The largest absolute Gasteiger partial charge is 0.313 e. The number of hydrogen-bond acceptors (Lipinski definition) is 1. The van der Waals surface area contributed by atoms with Gasteiger partial charge in [-0.3, -0.25) is 0 Å². The summed E-state index contributed by atoms with van der Waals surface area (Å²) >= 11 is 0. The van der Waals surface area contributed by atoms with E-state index >= 15 is 0 Å². The van der Waals surface area contributed by atoms with E-state index in [9.17, 15) is 0 Å². The van der Waals surface area contributed by atoms with Crippen LogP contribution in [-0.2, 0) is 0 Å². The molecule has 0 aliphatic rings. The summed E-state index contributed by atoms with van der Waals surface area (Å²) in [4.78, 5) is 0. The Hall–Kier alpha value is -1.08. The molecule has 0 spiro atoms. The third-order valence-corrected chi connectivity index (χ3v) is 3.46. The van der Waals surface area contributed by atoms with Gasteiger partial charge >= 0.3 is 0 Å². The van der Waals surface area contributed by atoms with Crippen LogP contribution >= 0.6 is 0 Å². The molecule has 0 unspecified atom stereocenters. The number of rotatable bonds is 7. The summed E-state index contributed by atoms with van der Waals surface area (Å²) in [6.07, 6.45) is 4.37. The lowest BCUT2D eigenvalue weighted by atomic mass is 9.85. The van der Waals surface area contributed by atoms with Crippen molar-refractivity contribution in [1.29, 1.82) is 0 Å². The Morgan fingerprint density at radius 3 is 2.17 bits per heavy atom. The molecular weight excluding hydrogens is 218 g/mol. The molecule has 0 saturated heterocycles. The van der Waals surface area contributed by atoms with Gasteiger partial charge in [0.25, 0.3) is 0 Å². The van der Waals surface area contributed by atoms with Crippen LogP contribution in [0.2, 0.25) is 0 Å². The van der Waals surface area contributed by atoms with Crippen LogP contribution in [0.25, 0.3) is 6.08 Å². The van der Waals surface area contributed by atoms with E-state index in [0.717, 1.165) is 30.8 Å². The van der Waals surface area contributed by atoms with E-state index in [1.807, 2.05) is 6.07 Å². The lowest BCUT2D eigenvalue weighted by Crippen LogP contribution is -2.29. The summed E-state index contributed by atoms with van der Waals surface area (Å²) in [5, 5.41) is 3.53. The van der Waals surface area contributed by atoms with Crippen molar-refractivity contribution >= 4 is 6.08 Å². The second-order valence-electron chi connectivity index (χ2n) is 5.62. The van der Waals surface area contributed by atoms with Gasteiger partial charge in [-0.1, -0.05) is 70.2 Å². The van der Waals surface area contributed by atoms with Gasteiger partial charge < -0.3 is 5.32 Å². The van der Waals surface area contributed by atoms with Gasteiger partial charge in [-0.05, 0) is 29.9 Å². The number of nitrogens with one attached hydrogen (secondary N) is 1. The first-order valence-corrected chi connectivity index (χ1v) is 7.03. The van der Waals surface area contributed by atoms with Crippen molar-refractivity contribution < 1.29 is 0 Å². The molecule has 1 nitrogen and oxygen atoms in total. The standard InChI is InChI=1S/C17H27N/c1-14(2)17(15(3)4)13-18-12-8-11-16-9-6-5-7-10-16/h5-11,14-15,17-18H,12-13H2,1-4H3/b11-8+. The molecule has 100 valence electrons. The highest BCUT2D eigenvalue weighted by molar-refractivity contribution is 5.48. The minimum atomic E-state index is 0.746. The molecule has 1 rings (SSSR count). The Bertz CT molecular complexity index is 330. The summed E-state index contributed by atoms with van der Waals surface area (Å²) in [6.45, 7) is 11.3. The van der Waals surface area contributed by atoms with Gasteiger partial charge in [0, 0.05) is 6.54 Å². The Morgan fingerprint density at radius 1 is 1.00 bits per heavy atom. The summed E-state index contributed by atoms with van der Waals surface area (Å²) in [7, 11) is 0. The molecule has 1 N–H and O–H groups in total. The van der Waals surface area contributed by atoms with Crippen LogP contribution in [0.15, 0.2) is 36.4 Å². The molecule has 1 aromatic carbocycles. The predicted octanol–water partition coefficient (Wildman–Crippen LogP) is 4.22. The molecular formula is C17H27N. The second-order valence-corrected chi connectivity index (χ2v) is 5.62. The quantitative estimate of drug-likeness (QED) is 0.709. The van der Waals surface area contributed by atoms with Crippen molar-refractivity contribution in [3.8, 4) is 0 Å². The van der Waals surface area contributed by atoms with E-state index in [1.165, 1.54) is 5.56 Å². The van der Waals surface area contributed by atoms with E-state index in [-0.39, 0.29) is 0 Å². The van der Waals surface area contributed by atoms with Crippen LogP contribution in [0.1, 0.15) is 33.3 Å². The first-order valence-electron chi connectivity index (χ1n) is 7.03. The molecule has 0 radical (unpaired) electrons. The second kappa shape index (κ2) is 8.10. The predicted molar refractivity (Wildman–Crippen MR) is 81.5 cm³/mol. The Morgan fingerprint density at radius 2 is 1.61 bits per heavy atom. The van der Waals surface area contributed by atoms with Gasteiger partial charge in [-0.25, -0.2) is 0 Å². The highest BCUT2D eigenvalue weighted by Crippen LogP contribution is 2.19. The average Bonchev–Trinajstić information content (AvgIpc) is 2.34. The Kier molecular flexibility index (Phi) is 6.74. The fourth-order valence-electron chi connectivity index (χ4n) is 2.33. The molecule has 0 aromatic heterocycles. The molecule has 0 heterocycles. The summed E-state index contributed by atoms with van der Waals surface area (Å²) in [5.74, 6) is 2.25. The van der Waals surface area contributed by atoms with Gasteiger partial charge in [0.05, 0.1) is 0 Å². The third-order valence-electron chi connectivity index (χ3n) is 3.46. The Labute approximate surface area is 112 Å². The fourth-order valence-corrected chi connectivity index (χ4v) is 2.33. The summed E-state index contributed by atoms with van der Waals surface area (Å²) in [6, 6.07) is 10.4. The first kappa shape index (κ1) is 15.0. The molecule has 1 aromatic rings. The van der Waals surface area contributed by atoms with E-state index in [0.29, 0.717) is 0 Å². The Balaban J connectivity index is 2.28. The SMILES string of the molecule is CC(C)C(CNC/C=C/c1ccccc1)C(C)C. The van der Waals surface area contributed by atoms with Crippen LogP contribution in [0.5, 0.6) is 0 Å². The molecule has 0 fully saturated rings. The van der Waals surface area contributed by atoms with Crippen LogP contribution in [0, 0.1) is 17.8 Å². The molecule has 0 atom stereocenters. The van der Waals surface area contributed by atoms with Gasteiger partial charge in [0.15, 0.2) is 0 Å². The molecule has 0 aliphatic carbocycles. The van der Waals surface area contributed by atoms with E-state index in [4.69, 9.17) is 0 Å². The minimum absolute atomic E-state index is 0.746. The zero-order valence-electron chi connectivity index (χ0n) is 12.2. The van der Waals surface area contributed by atoms with Crippen molar-refractivity contribution in [1.82, 2.24) is 5.32 Å². The zero-order valence-corrected chi connectivity index (χ0v) is 12.2. The van der Waals surface area contributed by atoms with Gasteiger partial charge in [0.1, 0.15) is 0 Å². The van der Waals surface area contributed by atoms with E-state index in [1.54, 1.807) is 0 Å². The van der Waals surface area contributed by atoms with Crippen molar-refractivity contribution in [2.45, 2.75) is 27.7 Å². The maximum atomic E-state index is 3.53. The van der Waals surface area contributed by atoms with Gasteiger partial charge in [0.2, 0.25) is 0 Å². The maximum Gasteiger partial charge on any atom is 0.0138 e. The smallest absolute Gasteiger partial charge is 0.0138 e. The topological polar surface area (TPSA) is 12.0 Å². The number of benzene rings is 1. The summed E-state index contributed by atoms with van der Waals surface area (Å²) < 4.78 is 0. The first-order chi connectivity index (χ1) is 8.61. The van der Waals surface area contributed by atoms with Crippen LogP contribution in [-0.4, -0.2) is 13.1 Å². The highest BCUT2D eigenvalue weighted by atomic mass is 14.8. The minimum Gasteiger partial charge on any atom is -0.313 e. The zero-order chi connectivity index (χ0) is 13.4.